The summed E-state index contributed by atoms with van der Waals surface area (Å²) >= 11 is 1.40. The number of carbonyl (C=O) groups is 2. The summed E-state index contributed by atoms with van der Waals surface area (Å²) in [7, 11) is 0. The van der Waals surface area contributed by atoms with Gasteiger partial charge in [-0.25, -0.2) is 4.98 Å². The number of rotatable bonds is 5. The molecule has 4 rings (SSSR count). The lowest BCUT2D eigenvalue weighted by Crippen LogP contribution is -2.50. The van der Waals surface area contributed by atoms with Crippen molar-refractivity contribution in [1.82, 2.24) is 14.8 Å². The van der Waals surface area contributed by atoms with Gasteiger partial charge in [-0.05, 0) is 50.2 Å². The molecule has 0 saturated carbocycles. The van der Waals surface area contributed by atoms with Crippen molar-refractivity contribution in [3.05, 3.63) is 59.0 Å². The Balaban J connectivity index is 1.42. The van der Waals surface area contributed by atoms with Crippen LogP contribution in [0.1, 0.15) is 32.8 Å². The van der Waals surface area contributed by atoms with Crippen molar-refractivity contribution in [1.29, 1.82) is 0 Å². The van der Waals surface area contributed by atoms with Crippen LogP contribution in [0, 0.1) is 6.92 Å². The van der Waals surface area contributed by atoms with Crippen molar-refractivity contribution >= 4 is 23.2 Å². The molecule has 0 bridgehead atoms. The summed E-state index contributed by atoms with van der Waals surface area (Å²) < 4.78 is 10.7. The summed E-state index contributed by atoms with van der Waals surface area (Å²) in [5, 5.41) is 0.811. The number of furan rings is 1. The zero-order valence-corrected chi connectivity index (χ0v) is 17.8. The zero-order chi connectivity index (χ0) is 21.1. The standard InChI is InChI=1S/C22H23N3O4S/c1-3-28-17-8-6-16(7-9-17)20-23-15(2)19(30-20)22(27)25-12-10-24(11-13-25)21(26)18-5-4-14-29-18/h4-9,14H,3,10-13H2,1-2H3. The number of carbonyl (C=O) groups excluding carboxylic acids is 2. The number of aryl methyl sites for hydroxylation is 1. The largest absolute Gasteiger partial charge is 0.494 e. The SMILES string of the molecule is CCOc1ccc(-c2nc(C)c(C(=O)N3CCN(C(=O)c4ccco4)CC3)s2)cc1. The average Bonchev–Trinajstić information content (AvgIpc) is 3.44. The van der Waals surface area contributed by atoms with E-state index in [2.05, 4.69) is 4.98 Å². The first-order valence-corrected chi connectivity index (χ1v) is 10.7. The van der Waals surface area contributed by atoms with E-state index in [1.165, 1.54) is 17.6 Å². The van der Waals surface area contributed by atoms with Crippen LogP contribution < -0.4 is 4.74 Å². The lowest BCUT2D eigenvalue weighted by Gasteiger charge is -2.34. The predicted octanol–water partition coefficient (Wildman–Crippen LogP) is 3.71. The molecule has 0 atom stereocenters. The topological polar surface area (TPSA) is 75.9 Å². The normalized spacial score (nSPS) is 14.1. The maximum atomic E-state index is 13.1. The molecule has 0 spiro atoms. The number of nitrogens with zero attached hydrogens (tertiary/aromatic N) is 3. The second-order valence-corrected chi connectivity index (χ2v) is 7.95. The molecule has 1 aliphatic heterocycles. The lowest BCUT2D eigenvalue weighted by molar-refractivity contribution is 0.0520. The molecule has 3 aromatic rings. The van der Waals surface area contributed by atoms with Crippen LogP contribution >= 0.6 is 11.3 Å². The van der Waals surface area contributed by atoms with Crippen LogP contribution in [0.15, 0.2) is 47.1 Å². The minimum Gasteiger partial charge on any atom is -0.494 e. The molecule has 1 fully saturated rings. The van der Waals surface area contributed by atoms with Crippen molar-refractivity contribution < 1.29 is 18.7 Å². The maximum Gasteiger partial charge on any atom is 0.289 e. The van der Waals surface area contributed by atoms with E-state index >= 15 is 0 Å². The third-order valence-corrected chi connectivity index (χ3v) is 6.18. The van der Waals surface area contributed by atoms with Gasteiger partial charge in [-0.15, -0.1) is 11.3 Å². The van der Waals surface area contributed by atoms with Gasteiger partial charge in [0.2, 0.25) is 0 Å². The highest BCUT2D eigenvalue weighted by Crippen LogP contribution is 2.30. The average molecular weight is 426 g/mol. The first kappa shape index (κ1) is 20.2. The molecule has 0 radical (unpaired) electrons. The quantitative estimate of drug-likeness (QED) is 0.623. The molecule has 0 unspecified atom stereocenters. The minimum atomic E-state index is -0.140. The van der Waals surface area contributed by atoms with Crippen LogP contribution in [0.4, 0.5) is 0 Å². The summed E-state index contributed by atoms with van der Waals surface area (Å²) in [6, 6.07) is 11.1. The van der Waals surface area contributed by atoms with E-state index in [-0.39, 0.29) is 11.8 Å². The van der Waals surface area contributed by atoms with Crippen molar-refractivity contribution in [3.63, 3.8) is 0 Å². The van der Waals surface area contributed by atoms with Crippen molar-refractivity contribution in [3.8, 4) is 16.3 Å². The fourth-order valence-corrected chi connectivity index (χ4v) is 4.43. The Kier molecular flexibility index (Phi) is 5.85. The van der Waals surface area contributed by atoms with Gasteiger partial charge in [0.15, 0.2) is 5.76 Å². The lowest BCUT2D eigenvalue weighted by atomic mass is 10.2. The molecular weight excluding hydrogens is 402 g/mol. The summed E-state index contributed by atoms with van der Waals surface area (Å²) in [6.07, 6.45) is 1.49. The van der Waals surface area contributed by atoms with Crippen molar-refractivity contribution in [2.75, 3.05) is 32.8 Å². The molecule has 2 aromatic heterocycles. The molecule has 1 aromatic carbocycles. The van der Waals surface area contributed by atoms with Gasteiger partial charge in [-0.2, -0.15) is 0 Å². The second kappa shape index (κ2) is 8.71. The molecule has 7 nitrogen and oxygen atoms in total. The third-order valence-electron chi connectivity index (χ3n) is 4.99. The van der Waals surface area contributed by atoms with Gasteiger partial charge >= 0.3 is 0 Å². The Hall–Kier alpha value is -3.13. The van der Waals surface area contributed by atoms with Gasteiger partial charge in [0, 0.05) is 31.7 Å². The van der Waals surface area contributed by atoms with Gasteiger partial charge in [0.25, 0.3) is 11.8 Å². The smallest absolute Gasteiger partial charge is 0.289 e. The second-order valence-electron chi connectivity index (χ2n) is 6.95. The summed E-state index contributed by atoms with van der Waals surface area (Å²) in [5.41, 5.74) is 1.68. The van der Waals surface area contributed by atoms with Crippen LogP contribution in [-0.2, 0) is 0 Å². The van der Waals surface area contributed by atoms with Gasteiger partial charge in [-0.3, -0.25) is 9.59 Å². The van der Waals surface area contributed by atoms with Gasteiger partial charge < -0.3 is 19.0 Å². The third kappa shape index (κ3) is 4.09. The fourth-order valence-electron chi connectivity index (χ4n) is 3.39. The van der Waals surface area contributed by atoms with E-state index in [9.17, 15) is 9.59 Å². The number of hydrogen-bond donors (Lipinski definition) is 0. The van der Waals surface area contributed by atoms with E-state index in [0.29, 0.717) is 43.4 Å². The Morgan fingerprint density at radius 1 is 1.07 bits per heavy atom. The van der Waals surface area contributed by atoms with Crippen molar-refractivity contribution in [2.24, 2.45) is 0 Å². The Morgan fingerprint density at radius 2 is 1.73 bits per heavy atom. The molecule has 30 heavy (non-hydrogen) atoms. The van der Waals surface area contributed by atoms with Crippen LogP contribution in [0.2, 0.25) is 0 Å². The van der Waals surface area contributed by atoms with E-state index in [4.69, 9.17) is 9.15 Å². The number of aromatic nitrogens is 1. The molecule has 0 aliphatic carbocycles. The molecular formula is C22H23N3O4S. The molecule has 1 aliphatic rings. The van der Waals surface area contributed by atoms with Crippen LogP contribution in [0.3, 0.4) is 0 Å². The molecule has 2 amide bonds. The van der Waals surface area contributed by atoms with E-state index in [0.717, 1.165) is 22.0 Å². The van der Waals surface area contributed by atoms with Crippen LogP contribution in [0.5, 0.6) is 5.75 Å². The predicted molar refractivity (Wildman–Crippen MR) is 114 cm³/mol. The Labute approximate surface area is 178 Å². The van der Waals surface area contributed by atoms with Crippen molar-refractivity contribution in [2.45, 2.75) is 13.8 Å². The molecule has 8 heteroatoms. The number of ether oxygens (including phenoxy) is 1. The first-order chi connectivity index (χ1) is 14.6. The summed E-state index contributed by atoms with van der Waals surface area (Å²) in [6.45, 7) is 6.36. The molecule has 1 saturated heterocycles. The first-order valence-electron chi connectivity index (χ1n) is 9.89. The van der Waals surface area contributed by atoms with Gasteiger partial charge in [0.05, 0.1) is 18.6 Å². The highest BCUT2D eigenvalue weighted by atomic mass is 32.1. The van der Waals surface area contributed by atoms with Crippen LogP contribution in [-0.4, -0.2) is 59.4 Å². The number of piperazine rings is 1. The minimum absolute atomic E-state index is 0.0349. The van der Waals surface area contributed by atoms with Crippen LogP contribution in [0.25, 0.3) is 10.6 Å². The molecule has 156 valence electrons. The van der Waals surface area contributed by atoms with E-state index < -0.39 is 0 Å². The van der Waals surface area contributed by atoms with E-state index in [1.54, 1.807) is 21.9 Å². The van der Waals surface area contributed by atoms with E-state index in [1.807, 2.05) is 38.1 Å². The number of amides is 2. The number of thiazole rings is 1. The Morgan fingerprint density at radius 3 is 2.33 bits per heavy atom. The summed E-state index contributed by atoms with van der Waals surface area (Å²) in [4.78, 5) is 34.2. The Bertz CT molecular complexity index is 1020. The molecule has 3 heterocycles. The number of benzene rings is 1. The monoisotopic (exact) mass is 425 g/mol. The zero-order valence-electron chi connectivity index (χ0n) is 17.0. The fraction of sp³-hybridized carbons (Fsp3) is 0.318. The van der Waals surface area contributed by atoms with Gasteiger partial charge in [0.1, 0.15) is 15.6 Å². The highest BCUT2D eigenvalue weighted by molar-refractivity contribution is 7.17. The highest BCUT2D eigenvalue weighted by Gasteiger charge is 2.28. The van der Waals surface area contributed by atoms with Gasteiger partial charge in [-0.1, -0.05) is 0 Å². The molecule has 0 N–H and O–H groups in total. The summed E-state index contributed by atoms with van der Waals surface area (Å²) in [5.74, 6) is 0.965. The maximum absolute atomic E-state index is 13.1. The number of hydrogen-bond acceptors (Lipinski definition) is 6.